The second-order valence-corrected chi connectivity index (χ2v) is 7.26. The van der Waals surface area contributed by atoms with Gasteiger partial charge in [0.25, 0.3) is 5.91 Å². The van der Waals surface area contributed by atoms with Crippen LogP contribution in [-0.4, -0.2) is 22.0 Å². The van der Waals surface area contributed by atoms with Gasteiger partial charge in [-0.3, -0.25) is 4.79 Å². The van der Waals surface area contributed by atoms with Crippen molar-refractivity contribution in [2.75, 3.05) is 0 Å². The zero-order chi connectivity index (χ0) is 14.1. The lowest BCUT2D eigenvalue weighted by Gasteiger charge is -2.22. The highest BCUT2D eigenvalue weighted by atomic mass is 79.9. The largest absolute Gasteiger partial charge is 0.508 e. The summed E-state index contributed by atoms with van der Waals surface area (Å²) in [6, 6.07) is 9.30. The predicted octanol–water partition coefficient (Wildman–Crippen LogP) is 4.02. The van der Waals surface area contributed by atoms with Gasteiger partial charge in [0.1, 0.15) is 5.75 Å². The fourth-order valence-electron chi connectivity index (χ4n) is 2.19. The third kappa shape index (κ3) is 3.04. The van der Waals surface area contributed by atoms with Crippen molar-refractivity contribution in [1.29, 1.82) is 0 Å². The van der Waals surface area contributed by atoms with Crippen LogP contribution in [0.15, 0.2) is 39.5 Å². The summed E-state index contributed by atoms with van der Waals surface area (Å²) in [5, 5.41) is 11.4. The van der Waals surface area contributed by atoms with E-state index in [2.05, 4.69) is 15.9 Å². The summed E-state index contributed by atoms with van der Waals surface area (Å²) in [6.45, 7) is 0.547. The van der Waals surface area contributed by atoms with Gasteiger partial charge in [-0.15, -0.1) is 11.3 Å². The Bertz CT molecular complexity index is 636. The summed E-state index contributed by atoms with van der Waals surface area (Å²) in [6.07, 6.45) is 2.13. The Morgan fingerprint density at radius 1 is 1.40 bits per heavy atom. The topological polar surface area (TPSA) is 40.5 Å². The van der Waals surface area contributed by atoms with E-state index in [-0.39, 0.29) is 11.7 Å². The Morgan fingerprint density at radius 2 is 2.20 bits per heavy atom. The number of hydrogen-bond acceptors (Lipinski definition) is 3. The highest BCUT2D eigenvalue weighted by Gasteiger charge is 2.33. The van der Waals surface area contributed by atoms with Crippen LogP contribution >= 0.6 is 27.3 Å². The number of benzene rings is 1. The Hall–Kier alpha value is -1.33. The first-order valence-electron chi connectivity index (χ1n) is 6.46. The first-order chi connectivity index (χ1) is 9.63. The number of phenols is 1. The molecular weight excluding hydrogens is 338 g/mol. The van der Waals surface area contributed by atoms with E-state index in [1.165, 1.54) is 11.3 Å². The van der Waals surface area contributed by atoms with Crippen molar-refractivity contribution in [2.45, 2.75) is 25.4 Å². The standard InChI is InChI=1S/C15H14BrNO2S/c16-14-7-11(9-20-14)15(19)17(12-4-5-12)8-10-2-1-3-13(18)6-10/h1-3,6-7,9,12,18H,4-5,8H2. The van der Waals surface area contributed by atoms with Gasteiger partial charge in [0.2, 0.25) is 0 Å². The van der Waals surface area contributed by atoms with Crippen molar-refractivity contribution in [1.82, 2.24) is 4.90 Å². The zero-order valence-corrected chi connectivity index (χ0v) is 13.2. The minimum absolute atomic E-state index is 0.0674. The molecule has 1 aromatic heterocycles. The molecule has 0 radical (unpaired) electrons. The van der Waals surface area contributed by atoms with Gasteiger partial charge in [0, 0.05) is 18.0 Å². The monoisotopic (exact) mass is 351 g/mol. The second-order valence-electron chi connectivity index (χ2n) is 4.97. The van der Waals surface area contributed by atoms with Crippen molar-refractivity contribution in [3.05, 3.63) is 50.6 Å². The van der Waals surface area contributed by atoms with Crippen molar-refractivity contribution in [3.63, 3.8) is 0 Å². The summed E-state index contributed by atoms with van der Waals surface area (Å²) in [4.78, 5) is 14.5. The minimum Gasteiger partial charge on any atom is -0.508 e. The summed E-state index contributed by atoms with van der Waals surface area (Å²) < 4.78 is 0.967. The van der Waals surface area contributed by atoms with Gasteiger partial charge in [-0.05, 0) is 52.5 Å². The average Bonchev–Trinajstić information content (AvgIpc) is 3.17. The summed E-state index contributed by atoms with van der Waals surface area (Å²) in [5.41, 5.74) is 1.69. The molecule has 0 aliphatic heterocycles. The Labute approximate surface area is 130 Å². The molecule has 3 nitrogen and oxygen atoms in total. The summed E-state index contributed by atoms with van der Waals surface area (Å²) in [5.74, 6) is 0.307. The molecule has 1 heterocycles. The number of amides is 1. The number of hydrogen-bond donors (Lipinski definition) is 1. The molecule has 0 atom stereocenters. The van der Waals surface area contributed by atoms with Gasteiger partial charge in [-0.25, -0.2) is 0 Å². The van der Waals surface area contributed by atoms with Crippen molar-refractivity contribution in [2.24, 2.45) is 0 Å². The van der Waals surface area contributed by atoms with Gasteiger partial charge in [-0.1, -0.05) is 12.1 Å². The van der Waals surface area contributed by atoms with Crippen LogP contribution in [0.3, 0.4) is 0 Å². The van der Waals surface area contributed by atoms with Crippen LogP contribution in [0.4, 0.5) is 0 Å². The van der Waals surface area contributed by atoms with Crippen LogP contribution in [0.2, 0.25) is 0 Å². The third-order valence-corrected chi connectivity index (χ3v) is 4.83. The first-order valence-corrected chi connectivity index (χ1v) is 8.13. The number of halogens is 1. The van der Waals surface area contributed by atoms with Gasteiger partial charge >= 0.3 is 0 Å². The Kier molecular flexibility index (Phi) is 3.81. The van der Waals surface area contributed by atoms with Gasteiger partial charge in [0.05, 0.1) is 9.35 Å². The zero-order valence-electron chi connectivity index (χ0n) is 10.8. The van der Waals surface area contributed by atoms with Crippen LogP contribution in [0.25, 0.3) is 0 Å². The highest BCUT2D eigenvalue weighted by Crippen LogP contribution is 2.31. The molecular formula is C15H14BrNO2S. The van der Waals surface area contributed by atoms with E-state index < -0.39 is 0 Å². The van der Waals surface area contributed by atoms with Crippen LogP contribution in [-0.2, 0) is 6.54 Å². The number of phenolic OH excluding ortho intramolecular Hbond substituents is 1. The van der Waals surface area contributed by atoms with E-state index in [0.717, 1.165) is 27.8 Å². The Morgan fingerprint density at radius 3 is 2.80 bits per heavy atom. The molecule has 20 heavy (non-hydrogen) atoms. The van der Waals surface area contributed by atoms with Crippen molar-refractivity contribution < 1.29 is 9.90 Å². The van der Waals surface area contributed by atoms with Crippen LogP contribution in [0.5, 0.6) is 5.75 Å². The van der Waals surface area contributed by atoms with E-state index in [0.29, 0.717) is 12.6 Å². The number of aromatic hydroxyl groups is 1. The predicted molar refractivity (Wildman–Crippen MR) is 83.0 cm³/mol. The molecule has 3 rings (SSSR count). The SMILES string of the molecule is O=C(c1csc(Br)c1)N(Cc1cccc(O)c1)C1CC1. The number of carbonyl (C=O) groups is 1. The van der Waals surface area contributed by atoms with Gasteiger partial charge < -0.3 is 10.0 Å². The van der Waals surface area contributed by atoms with Crippen LogP contribution < -0.4 is 0 Å². The van der Waals surface area contributed by atoms with Crippen LogP contribution in [0.1, 0.15) is 28.8 Å². The van der Waals surface area contributed by atoms with Gasteiger partial charge in [-0.2, -0.15) is 0 Å². The minimum atomic E-state index is 0.0674. The number of rotatable bonds is 4. The first kappa shape index (κ1) is 13.6. The fourth-order valence-corrected chi connectivity index (χ4v) is 3.32. The fraction of sp³-hybridized carbons (Fsp3) is 0.267. The molecule has 1 aliphatic rings. The lowest BCUT2D eigenvalue weighted by molar-refractivity contribution is 0.0730. The molecule has 1 N–H and O–H groups in total. The lowest BCUT2D eigenvalue weighted by Crippen LogP contribution is -2.32. The Balaban J connectivity index is 1.81. The lowest BCUT2D eigenvalue weighted by atomic mass is 10.2. The van der Waals surface area contributed by atoms with Crippen molar-refractivity contribution >= 4 is 33.2 Å². The molecule has 0 spiro atoms. The molecule has 5 heteroatoms. The van der Waals surface area contributed by atoms with E-state index in [4.69, 9.17) is 0 Å². The quantitative estimate of drug-likeness (QED) is 0.903. The van der Waals surface area contributed by atoms with E-state index in [1.807, 2.05) is 22.4 Å². The number of thiophene rings is 1. The molecule has 1 fully saturated rings. The second kappa shape index (κ2) is 5.58. The molecule has 0 bridgehead atoms. The molecule has 1 aliphatic carbocycles. The van der Waals surface area contributed by atoms with Gasteiger partial charge in [0.15, 0.2) is 0 Å². The maximum atomic E-state index is 12.6. The third-order valence-electron chi connectivity index (χ3n) is 3.33. The van der Waals surface area contributed by atoms with E-state index in [1.54, 1.807) is 18.2 Å². The molecule has 2 aromatic rings. The number of nitrogens with zero attached hydrogens (tertiary/aromatic N) is 1. The van der Waals surface area contributed by atoms with E-state index in [9.17, 15) is 9.90 Å². The van der Waals surface area contributed by atoms with E-state index >= 15 is 0 Å². The normalized spacial score (nSPS) is 14.2. The summed E-state index contributed by atoms with van der Waals surface area (Å²) in [7, 11) is 0. The summed E-state index contributed by atoms with van der Waals surface area (Å²) >= 11 is 4.91. The maximum absolute atomic E-state index is 12.6. The molecule has 1 amide bonds. The molecule has 1 aromatic carbocycles. The van der Waals surface area contributed by atoms with Crippen LogP contribution in [0, 0.1) is 0 Å². The number of carbonyl (C=O) groups excluding carboxylic acids is 1. The maximum Gasteiger partial charge on any atom is 0.255 e. The molecule has 1 saturated carbocycles. The molecule has 0 saturated heterocycles. The molecule has 104 valence electrons. The van der Waals surface area contributed by atoms with Crippen molar-refractivity contribution in [3.8, 4) is 5.75 Å². The average molecular weight is 352 g/mol. The molecule has 0 unspecified atom stereocenters. The smallest absolute Gasteiger partial charge is 0.255 e. The highest BCUT2D eigenvalue weighted by molar-refractivity contribution is 9.11.